The van der Waals surface area contributed by atoms with Crippen LogP contribution in [0.5, 0.6) is 0 Å². The fraction of sp³-hybridized carbons (Fsp3) is 0.474. The van der Waals surface area contributed by atoms with Gasteiger partial charge in [0.15, 0.2) is 0 Å². The summed E-state index contributed by atoms with van der Waals surface area (Å²) in [5.41, 5.74) is 1.91. The molecule has 2 heterocycles. The zero-order chi connectivity index (χ0) is 18.3. The third kappa shape index (κ3) is 3.01. The summed E-state index contributed by atoms with van der Waals surface area (Å²) in [6.07, 6.45) is 6.17. The van der Waals surface area contributed by atoms with E-state index in [1.807, 2.05) is 6.20 Å². The van der Waals surface area contributed by atoms with Crippen LogP contribution in [-0.2, 0) is 14.3 Å². The molecule has 1 fully saturated rings. The maximum Gasteiger partial charge on any atom is 0.261 e. The van der Waals surface area contributed by atoms with Gasteiger partial charge in [-0.1, -0.05) is 11.6 Å². The first-order chi connectivity index (χ1) is 12.6. The second-order valence-electron chi connectivity index (χ2n) is 6.88. The van der Waals surface area contributed by atoms with E-state index >= 15 is 0 Å². The Morgan fingerprint density at radius 3 is 2.31 bits per heavy atom. The third-order valence-corrected chi connectivity index (χ3v) is 5.59. The minimum Gasteiger partial charge on any atom is -0.378 e. The third-order valence-electron chi connectivity index (χ3n) is 5.24. The van der Waals surface area contributed by atoms with Gasteiger partial charge in [0.2, 0.25) is 0 Å². The van der Waals surface area contributed by atoms with E-state index in [4.69, 9.17) is 16.3 Å². The Labute approximate surface area is 156 Å². The Bertz CT molecular complexity index is 763. The number of amides is 2. The Morgan fingerprint density at radius 1 is 1.08 bits per heavy atom. The first-order valence-corrected chi connectivity index (χ1v) is 9.33. The van der Waals surface area contributed by atoms with Crippen LogP contribution in [0.2, 0.25) is 0 Å². The molecule has 138 valence electrons. The molecule has 26 heavy (non-hydrogen) atoms. The Kier molecular flexibility index (Phi) is 4.71. The number of imide groups is 1. The molecule has 0 unspecified atom stereocenters. The van der Waals surface area contributed by atoms with Gasteiger partial charge in [-0.05, 0) is 37.3 Å². The van der Waals surface area contributed by atoms with E-state index in [2.05, 4.69) is 4.90 Å². The number of nitrogens with zero attached hydrogens (tertiary/aromatic N) is 2. The standard InChI is InChI=1S/C19H20ClFN2O3/c20-15-10-16(21)17(9-12(15)11-22-5-7-26-8-6-22)23-18(24)13-3-1-2-4-14(13)19(23)25/h10-11H,1-9H2. The van der Waals surface area contributed by atoms with Gasteiger partial charge >= 0.3 is 0 Å². The van der Waals surface area contributed by atoms with Gasteiger partial charge in [-0.2, -0.15) is 0 Å². The molecule has 0 bridgehead atoms. The molecule has 7 heteroatoms. The number of carbonyl (C=O) groups excluding carboxylic acids is 2. The van der Waals surface area contributed by atoms with Crippen molar-refractivity contribution in [3.05, 3.63) is 45.6 Å². The molecule has 0 N–H and O–H groups in total. The number of allylic oxidation sites excluding steroid dienone is 4. The van der Waals surface area contributed by atoms with Crippen molar-refractivity contribution in [2.24, 2.45) is 0 Å². The van der Waals surface area contributed by atoms with Gasteiger partial charge in [-0.3, -0.25) is 9.59 Å². The van der Waals surface area contributed by atoms with E-state index in [0.717, 1.165) is 30.8 Å². The number of hydrogen-bond donors (Lipinski definition) is 0. The van der Waals surface area contributed by atoms with Gasteiger partial charge in [0, 0.05) is 41.9 Å². The van der Waals surface area contributed by atoms with Crippen molar-refractivity contribution in [2.45, 2.75) is 32.1 Å². The van der Waals surface area contributed by atoms with Gasteiger partial charge in [0.05, 0.1) is 18.9 Å². The number of ether oxygens (including phenoxy) is 1. The largest absolute Gasteiger partial charge is 0.378 e. The lowest BCUT2D eigenvalue weighted by atomic mass is 9.93. The number of carbonyl (C=O) groups is 2. The van der Waals surface area contributed by atoms with Crippen LogP contribution in [-0.4, -0.2) is 47.9 Å². The molecule has 4 rings (SSSR count). The van der Waals surface area contributed by atoms with E-state index in [9.17, 15) is 14.0 Å². The molecule has 0 radical (unpaired) electrons. The summed E-state index contributed by atoms with van der Waals surface area (Å²) < 4.78 is 19.9. The van der Waals surface area contributed by atoms with E-state index < -0.39 is 5.83 Å². The van der Waals surface area contributed by atoms with E-state index in [1.54, 1.807) is 0 Å². The molecule has 0 spiro atoms. The van der Waals surface area contributed by atoms with Crippen LogP contribution in [0, 0.1) is 0 Å². The second kappa shape index (κ2) is 7.00. The summed E-state index contributed by atoms with van der Waals surface area (Å²) in [4.78, 5) is 28.5. The number of rotatable bonds is 2. The van der Waals surface area contributed by atoms with E-state index in [1.165, 1.54) is 6.08 Å². The summed E-state index contributed by atoms with van der Waals surface area (Å²) >= 11 is 6.23. The number of hydrogen-bond acceptors (Lipinski definition) is 4. The average molecular weight is 379 g/mol. The van der Waals surface area contributed by atoms with Crippen molar-refractivity contribution in [3.63, 3.8) is 0 Å². The predicted molar refractivity (Wildman–Crippen MR) is 94.5 cm³/mol. The molecule has 5 nitrogen and oxygen atoms in total. The maximum atomic E-state index is 14.6. The zero-order valence-corrected chi connectivity index (χ0v) is 15.1. The normalized spacial score (nSPS) is 26.1. The van der Waals surface area contributed by atoms with Crippen molar-refractivity contribution in [1.29, 1.82) is 0 Å². The van der Waals surface area contributed by atoms with Gasteiger partial charge in [-0.25, -0.2) is 9.29 Å². The number of halogens is 2. The highest BCUT2D eigenvalue weighted by atomic mass is 35.5. The molecule has 0 saturated carbocycles. The van der Waals surface area contributed by atoms with Crippen molar-refractivity contribution < 1.29 is 18.7 Å². The highest BCUT2D eigenvalue weighted by Crippen LogP contribution is 2.40. The summed E-state index contributed by atoms with van der Waals surface area (Å²) in [7, 11) is 0. The molecule has 0 aromatic heterocycles. The lowest BCUT2D eigenvalue weighted by Crippen LogP contribution is -2.34. The van der Waals surface area contributed by atoms with Gasteiger partial charge in [0.1, 0.15) is 5.83 Å². The zero-order valence-electron chi connectivity index (χ0n) is 14.4. The summed E-state index contributed by atoms with van der Waals surface area (Å²) in [6, 6.07) is 0. The molecular formula is C19H20ClFN2O3. The molecule has 2 aliphatic carbocycles. The highest BCUT2D eigenvalue weighted by molar-refractivity contribution is 6.32. The second-order valence-corrected chi connectivity index (χ2v) is 7.28. The molecule has 1 saturated heterocycles. The minimum absolute atomic E-state index is 0.0957. The Hall–Kier alpha value is -1.92. The van der Waals surface area contributed by atoms with Gasteiger partial charge in [-0.15, -0.1) is 0 Å². The number of morpholine rings is 1. The lowest BCUT2D eigenvalue weighted by Gasteiger charge is -2.28. The molecule has 0 aromatic rings. The van der Waals surface area contributed by atoms with Gasteiger partial charge < -0.3 is 9.64 Å². The summed E-state index contributed by atoms with van der Waals surface area (Å²) in [5, 5.41) is 0.301. The first kappa shape index (κ1) is 17.5. The smallest absolute Gasteiger partial charge is 0.261 e. The van der Waals surface area contributed by atoms with E-state index in [0.29, 0.717) is 47.8 Å². The molecule has 4 aliphatic rings. The van der Waals surface area contributed by atoms with Crippen LogP contribution in [0.4, 0.5) is 4.39 Å². The van der Waals surface area contributed by atoms with Crippen molar-refractivity contribution >= 4 is 23.4 Å². The maximum absolute atomic E-state index is 14.6. The van der Waals surface area contributed by atoms with Crippen LogP contribution in [0.1, 0.15) is 32.1 Å². The molecule has 0 aromatic carbocycles. The highest BCUT2D eigenvalue weighted by Gasteiger charge is 2.42. The summed E-state index contributed by atoms with van der Waals surface area (Å²) in [5.74, 6) is -1.35. The lowest BCUT2D eigenvalue weighted by molar-refractivity contribution is -0.135. The van der Waals surface area contributed by atoms with Crippen molar-refractivity contribution in [3.8, 4) is 0 Å². The van der Waals surface area contributed by atoms with Crippen molar-refractivity contribution in [1.82, 2.24) is 9.80 Å². The predicted octanol–water partition coefficient (Wildman–Crippen LogP) is 3.15. The molecule has 2 amide bonds. The monoisotopic (exact) mass is 378 g/mol. The van der Waals surface area contributed by atoms with Crippen LogP contribution in [0.25, 0.3) is 0 Å². The average Bonchev–Trinajstić information content (AvgIpc) is 2.90. The first-order valence-electron chi connectivity index (χ1n) is 8.96. The van der Waals surface area contributed by atoms with Crippen LogP contribution in [0.15, 0.2) is 45.6 Å². The van der Waals surface area contributed by atoms with Crippen LogP contribution in [0.3, 0.4) is 0 Å². The molecular weight excluding hydrogens is 359 g/mol. The SMILES string of the molecule is O=C1C2=C(CCCC2)C(=O)N1C1=C(F)C=C(Cl)C(=CN2CCOCC2)C1. The van der Waals surface area contributed by atoms with Crippen LogP contribution < -0.4 is 0 Å². The Morgan fingerprint density at radius 2 is 1.69 bits per heavy atom. The molecule has 2 aliphatic heterocycles. The quantitative estimate of drug-likeness (QED) is 0.693. The molecule has 0 atom stereocenters. The van der Waals surface area contributed by atoms with Crippen LogP contribution >= 0.6 is 11.6 Å². The fourth-order valence-electron chi connectivity index (χ4n) is 3.84. The topological polar surface area (TPSA) is 49.9 Å². The van der Waals surface area contributed by atoms with Gasteiger partial charge in [0.25, 0.3) is 11.8 Å². The fourth-order valence-corrected chi connectivity index (χ4v) is 4.05. The minimum atomic E-state index is -0.615. The summed E-state index contributed by atoms with van der Waals surface area (Å²) in [6.45, 7) is 2.71. The van der Waals surface area contributed by atoms with Crippen molar-refractivity contribution in [2.75, 3.05) is 26.3 Å². The Balaban J connectivity index is 1.62. The van der Waals surface area contributed by atoms with E-state index in [-0.39, 0.29) is 23.9 Å².